The van der Waals surface area contributed by atoms with E-state index in [9.17, 15) is 0 Å². The molecule has 1 aromatic carbocycles. The molecule has 4 nitrogen and oxygen atoms in total. The van der Waals surface area contributed by atoms with Crippen LogP contribution in [0.5, 0.6) is 0 Å². The molecule has 1 rings (SSSR count). The monoisotopic (exact) mass is 446 g/mol. The van der Waals surface area contributed by atoms with E-state index < -0.39 is 0 Å². The largest absolute Gasteiger partial charge is 0.357 e. The summed E-state index contributed by atoms with van der Waals surface area (Å²) in [5.74, 6) is 1.51. The summed E-state index contributed by atoms with van der Waals surface area (Å²) in [7, 11) is 0. The van der Waals surface area contributed by atoms with E-state index in [2.05, 4.69) is 74.4 Å². The Balaban J connectivity index is 0.00000529. The van der Waals surface area contributed by atoms with Gasteiger partial charge in [-0.05, 0) is 37.1 Å². The molecule has 2 N–H and O–H groups in total. The van der Waals surface area contributed by atoms with Crippen LogP contribution in [0.3, 0.4) is 0 Å². The van der Waals surface area contributed by atoms with Crippen LogP contribution in [0.15, 0.2) is 29.3 Å². The molecule has 0 spiro atoms. The number of nitrogens with zero attached hydrogens (tertiary/aromatic N) is 2. The van der Waals surface area contributed by atoms with Gasteiger partial charge in [-0.3, -0.25) is 4.90 Å². The SMILES string of the molecule is CCNC(=NCc1cccc(CN(CC)CC)c1)NCC(C)C.I. The topological polar surface area (TPSA) is 39.7 Å². The van der Waals surface area contributed by atoms with Crippen LogP contribution in [0.1, 0.15) is 45.7 Å². The van der Waals surface area contributed by atoms with Gasteiger partial charge in [-0.2, -0.15) is 0 Å². The highest BCUT2D eigenvalue weighted by atomic mass is 127. The first-order chi connectivity index (χ1) is 11.1. The second-order valence-corrected chi connectivity index (χ2v) is 6.25. The van der Waals surface area contributed by atoms with Gasteiger partial charge in [-0.1, -0.05) is 52.0 Å². The van der Waals surface area contributed by atoms with Crippen LogP contribution in [0.2, 0.25) is 0 Å². The van der Waals surface area contributed by atoms with Gasteiger partial charge in [-0.15, -0.1) is 24.0 Å². The molecule has 138 valence electrons. The molecule has 1 aromatic rings. The van der Waals surface area contributed by atoms with Gasteiger partial charge in [-0.25, -0.2) is 4.99 Å². The summed E-state index contributed by atoms with van der Waals surface area (Å²) >= 11 is 0. The van der Waals surface area contributed by atoms with E-state index in [-0.39, 0.29) is 24.0 Å². The third kappa shape index (κ3) is 9.47. The molecule has 0 saturated heterocycles. The number of aliphatic imine (C=N–C) groups is 1. The Morgan fingerprint density at radius 1 is 1.08 bits per heavy atom. The number of hydrogen-bond acceptors (Lipinski definition) is 2. The molecule has 5 heteroatoms. The minimum atomic E-state index is 0. The molecule has 0 atom stereocenters. The molecule has 0 aliphatic heterocycles. The van der Waals surface area contributed by atoms with Crippen molar-refractivity contribution in [3.05, 3.63) is 35.4 Å². The summed E-state index contributed by atoms with van der Waals surface area (Å²) in [6, 6.07) is 8.76. The van der Waals surface area contributed by atoms with E-state index in [1.165, 1.54) is 11.1 Å². The maximum absolute atomic E-state index is 4.70. The number of halogens is 1. The molecule has 0 aliphatic rings. The number of nitrogens with one attached hydrogen (secondary N) is 2. The van der Waals surface area contributed by atoms with Crippen LogP contribution in [0.25, 0.3) is 0 Å². The first-order valence-electron chi connectivity index (χ1n) is 8.91. The molecular formula is C19H35IN4. The Morgan fingerprint density at radius 2 is 1.75 bits per heavy atom. The summed E-state index contributed by atoms with van der Waals surface area (Å²) < 4.78 is 0. The highest BCUT2D eigenvalue weighted by Crippen LogP contribution is 2.09. The maximum atomic E-state index is 4.70. The zero-order valence-corrected chi connectivity index (χ0v) is 18.3. The summed E-state index contributed by atoms with van der Waals surface area (Å²) in [5.41, 5.74) is 2.62. The molecule has 24 heavy (non-hydrogen) atoms. The number of rotatable bonds is 9. The normalized spacial score (nSPS) is 11.5. The Labute approximate surface area is 165 Å². The van der Waals surface area contributed by atoms with Crippen molar-refractivity contribution in [2.45, 2.75) is 47.7 Å². The minimum Gasteiger partial charge on any atom is -0.357 e. The van der Waals surface area contributed by atoms with Crippen LogP contribution < -0.4 is 10.6 Å². The van der Waals surface area contributed by atoms with E-state index in [0.29, 0.717) is 12.5 Å². The average molecular weight is 446 g/mol. The summed E-state index contributed by atoms with van der Waals surface area (Å²) in [4.78, 5) is 7.12. The zero-order valence-electron chi connectivity index (χ0n) is 15.9. The van der Waals surface area contributed by atoms with Gasteiger partial charge in [0.25, 0.3) is 0 Å². The summed E-state index contributed by atoms with van der Waals surface area (Å²) in [5, 5.41) is 6.69. The fraction of sp³-hybridized carbons (Fsp3) is 0.632. The van der Waals surface area contributed by atoms with E-state index >= 15 is 0 Å². The fourth-order valence-electron chi connectivity index (χ4n) is 2.34. The van der Waals surface area contributed by atoms with E-state index in [1.807, 2.05) is 0 Å². The predicted octanol–water partition coefficient (Wildman–Crippen LogP) is 3.86. The maximum Gasteiger partial charge on any atom is 0.191 e. The van der Waals surface area contributed by atoms with Crippen LogP contribution in [0.4, 0.5) is 0 Å². The van der Waals surface area contributed by atoms with Crippen LogP contribution in [0, 0.1) is 5.92 Å². The highest BCUT2D eigenvalue weighted by Gasteiger charge is 2.03. The van der Waals surface area contributed by atoms with Crippen LogP contribution in [-0.2, 0) is 13.1 Å². The third-order valence-electron chi connectivity index (χ3n) is 3.73. The van der Waals surface area contributed by atoms with Crippen molar-refractivity contribution < 1.29 is 0 Å². The zero-order chi connectivity index (χ0) is 17.1. The molecular weight excluding hydrogens is 411 g/mol. The van der Waals surface area contributed by atoms with Crippen molar-refractivity contribution in [2.24, 2.45) is 10.9 Å². The van der Waals surface area contributed by atoms with Gasteiger partial charge >= 0.3 is 0 Å². The smallest absolute Gasteiger partial charge is 0.191 e. The van der Waals surface area contributed by atoms with Gasteiger partial charge < -0.3 is 10.6 Å². The fourth-order valence-corrected chi connectivity index (χ4v) is 2.34. The molecule has 0 bridgehead atoms. The first kappa shape index (κ1) is 23.2. The predicted molar refractivity (Wildman–Crippen MR) is 116 cm³/mol. The van der Waals surface area contributed by atoms with E-state index in [1.54, 1.807) is 0 Å². The molecule has 0 saturated carbocycles. The first-order valence-corrected chi connectivity index (χ1v) is 8.91. The summed E-state index contributed by atoms with van der Waals surface area (Å²) in [6.45, 7) is 16.6. The Kier molecular flexibility index (Phi) is 13.0. The van der Waals surface area contributed by atoms with Gasteiger partial charge in [0.1, 0.15) is 0 Å². The Hall–Kier alpha value is -0.820. The number of benzene rings is 1. The second kappa shape index (κ2) is 13.5. The molecule has 0 aliphatic carbocycles. The number of guanidine groups is 1. The number of hydrogen-bond donors (Lipinski definition) is 2. The van der Waals surface area contributed by atoms with Crippen LogP contribution in [-0.4, -0.2) is 37.0 Å². The lowest BCUT2D eigenvalue weighted by Crippen LogP contribution is -2.39. The molecule has 0 amide bonds. The van der Waals surface area contributed by atoms with Gasteiger partial charge in [0.05, 0.1) is 6.54 Å². The molecule has 0 unspecified atom stereocenters. The molecule has 0 fully saturated rings. The van der Waals surface area contributed by atoms with Crippen molar-refractivity contribution in [2.75, 3.05) is 26.2 Å². The average Bonchev–Trinajstić information content (AvgIpc) is 2.55. The van der Waals surface area contributed by atoms with Crippen molar-refractivity contribution in [3.8, 4) is 0 Å². The van der Waals surface area contributed by atoms with Crippen molar-refractivity contribution in [1.82, 2.24) is 15.5 Å². The summed E-state index contributed by atoms with van der Waals surface area (Å²) in [6.07, 6.45) is 0. The Bertz CT molecular complexity index is 470. The van der Waals surface area contributed by atoms with Crippen molar-refractivity contribution in [1.29, 1.82) is 0 Å². The Morgan fingerprint density at radius 3 is 2.33 bits per heavy atom. The second-order valence-electron chi connectivity index (χ2n) is 6.25. The molecule has 0 heterocycles. The lowest BCUT2D eigenvalue weighted by Gasteiger charge is -2.18. The van der Waals surface area contributed by atoms with Gasteiger partial charge in [0.2, 0.25) is 0 Å². The quantitative estimate of drug-likeness (QED) is 0.344. The van der Waals surface area contributed by atoms with Crippen LogP contribution >= 0.6 is 24.0 Å². The van der Waals surface area contributed by atoms with Gasteiger partial charge in [0.15, 0.2) is 5.96 Å². The lowest BCUT2D eigenvalue weighted by atomic mass is 10.1. The minimum absolute atomic E-state index is 0. The van der Waals surface area contributed by atoms with E-state index in [4.69, 9.17) is 4.99 Å². The lowest BCUT2D eigenvalue weighted by molar-refractivity contribution is 0.296. The standard InChI is InChI=1S/C19H34N4.HI/c1-6-20-19(21-13-16(4)5)22-14-17-10-9-11-18(12-17)15-23(7-2)8-3;/h9-12,16H,6-8,13-15H2,1-5H3,(H2,20,21,22);1H. The van der Waals surface area contributed by atoms with E-state index in [0.717, 1.165) is 38.7 Å². The van der Waals surface area contributed by atoms with Gasteiger partial charge in [0, 0.05) is 19.6 Å². The highest BCUT2D eigenvalue weighted by molar-refractivity contribution is 14.0. The van der Waals surface area contributed by atoms with Crippen molar-refractivity contribution >= 4 is 29.9 Å². The molecule has 0 radical (unpaired) electrons. The van der Waals surface area contributed by atoms with Crippen molar-refractivity contribution in [3.63, 3.8) is 0 Å². The third-order valence-corrected chi connectivity index (χ3v) is 3.73. The molecule has 0 aromatic heterocycles.